The molecule has 2 bridgehead atoms. The van der Waals surface area contributed by atoms with Gasteiger partial charge in [0.15, 0.2) is 0 Å². The molecule has 98 valence electrons. The van der Waals surface area contributed by atoms with E-state index < -0.39 is 11.7 Å². The number of rotatable bonds is 2. The number of ether oxygens (including phenoxy) is 1. The van der Waals surface area contributed by atoms with Gasteiger partial charge in [-0.2, -0.15) is 13.2 Å². The highest BCUT2D eigenvalue weighted by Gasteiger charge is 2.42. The van der Waals surface area contributed by atoms with Gasteiger partial charge in [0.05, 0.1) is 0 Å². The van der Waals surface area contributed by atoms with Gasteiger partial charge in [0, 0.05) is 12.2 Å². The number of hydrogen-bond donors (Lipinski definition) is 1. The number of pyridine rings is 1. The van der Waals surface area contributed by atoms with Gasteiger partial charge in [0.25, 0.3) is 0 Å². The van der Waals surface area contributed by atoms with Crippen molar-refractivity contribution in [1.29, 1.82) is 0 Å². The van der Waals surface area contributed by atoms with Crippen LogP contribution < -0.4 is 10.1 Å². The van der Waals surface area contributed by atoms with Crippen molar-refractivity contribution in [3.05, 3.63) is 23.9 Å². The van der Waals surface area contributed by atoms with Crippen molar-refractivity contribution in [2.45, 2.75) is 31.2 Å². The van der Waals surface area contributed by atoms with Crippen LogP contribution in [0.1, 0.15) is 18.4 Å². The topological polar surface area (TPSA) is 34.1 Å². The Hall–Kier alpha value is -1.30. The van der Waals surface area contributed by atoms with Crippen molar-refractivity contribution in [2.75, 3.05) is 6.54 Å². The van der Waals surface area contributed by atoms with Crippen LogP contribution in [-0.4, -0.2) is 23.7 Å². The van der Waals surface area contributed by atoms with Crippen molar-refractivity contribution in [1.82, 2.24) is 10.3 Å². The van der Waals surface area contributed by atoms with Crippen molar-refractivity contribution in [3.63, 3.8) is 0 Å². The molecule has 1 saturated carbocycles. The van der Waals surface area contributed by atoms with Crippen LogP contribution in [0.25, 0.3) is 0 Å². The summed E-state index contributed by atoms with van der Waals surface area (Å²) >= 11 is 0. The van der Waals surface area contributed by atoms with Gasteiger partial charge in [0.1, 0.15) is 11.7 Å². The number of alkyl halides is 3. The van der Waals surface area contributed by atoms with Gasteiger partial charge in [0.2, 0.25) is 5.88 Å². The van der Waals surface area contributed by atoms with Crippen LogP contribution in [-0.2, 0) is 6.18 Å². The first-order valence-electron chi connectivity index (χ1n) is 5.96. The molecule has 1 saturated heterocycles. The van der Waals surface area contributed by atoms with Crippen LogP contribution >= 0.6 is 0 Å². The molecule has 3 rings (SSSR count). The highest BCUT2D eigenvalue weighted by atomic mass is 19.4. The molecule has 1 aromatic rings. The van der Waals surface area contributed by atoms with Crippen LogP contribution in [0.3, 0.4) is 0 Å². The summed E-state index contributed by atoms with van der Waals surface area (Å²) in [4.78, 5) is 3.72. The summed E-state index contributed by atoms with van der Waals surface area (Å²) in [5, 5.41) is 3.25. The molecule has 0 spiro atoms. The molecule has 2 heterocycles. The lowest BCUT2D eigenvalue weighted by Crippen LogP contribution is -2.40. The van der Waals surface area contributed by atoms with Crippen molar-refractivity contribution >= 4 is 0 Å². The summed E-state index contributed by atoms with van der Waals surface area (Å²) in [6, 6.07) is 2.44. The maximum Gasteiger partial charge on any atom is 0.421 e. The number of fused-ring (bicyclic) bond motifs is 2. The van der Waals surface area contributed by atoms with E-state index in [1.165, 1.54) is 12.3 Å². The third-order valence-electron chi connectivity index (χ3n) is 3.61. The number of nitrogens with zero attached hydrogens (tertiary/aromatic N) is 1. The quantitative estimate of drug-likeness (QED) is 0.883. The molecule has 2 fully saturated rings. The molecule has 18 heavy (non-hydrogen) atoms. The predicted molar refractivity (Wildman–Crippen MR) is 58.2 cm³/mol. The third-order valence-corrected chi connectivity index (χ3v) is 3.61. The lowest BCUT2D eigenvalue weighted by atomic mass is 10.1. The van der Waals surface area contributed by atoms with Gasteiger partial charge in [-0.25, -0.2) is 4.98 Å². The molecule has 3 atom stereocenters. The van der Waals surface area contributed by atoms with Gasteiger partial charge in [-0.1, -0.05) is 0 Å². The monoisotopic (exact) mass is 258 g/mol. The summed E-state index contributed by atoms with van der Waals surface area (Å²) in [6.45, 7) is 0.943. The second kappa shape index (κ2) is 4.12. The van der Waals surface area contributed by atoms with Gasteiger partial charge >= 0.3 is 6.18 Å². The number of hydrogen-bond acceptors (Lipinski definition) is 3. The zero-order chi connectivity index (χ0) is 12.8. The molecule has 1 aliphatic carbocycles. The fourth-order valence-corrected chi connectivity index (χ4v) is 2.77. The van der Waals surface area contributed by atoms with E-state index in [0.29, 0.717) is 5.92 Å². The maximum absolute atomic E-state index is 12.8. The van der Waals surface area contributed by atoms with E-state index in [4.69, 9.17) is 4.74 Å². The van der Waals surface area contributed by atoms with Crippen molar-refractivity contribution in [2.24, 2.45) is 5.92 Å². The second-order valence-corrected chi connectivity index (χ2v) is 4.86. The zero-order valence-electron chi connectivity index (χ0n) is 9.57. The summed E-state index contributed by atoms with van der Waals surface area (Å²) in [5.41, 5.74) is -0.798. The highest BCUT2D eigenvalue weighted by Crippen LogP contribution is 2.38. The van der Waals surface area contributed by atoms with E-state index in [-0.39, 0.29) is 18.0 Å². The number of aromatic nitrogens is 1. The Kier molecular flexibility index (Phi) is 2.69. The number of halogens is 3. The highest BCUT2D eigenvalue weighted by molar-refractivity contribution is 5.28. The molecule has 1 aromatic heterocycles. The van der Waals surface area contributed by atoms with E-state index in [9.17, 15) is 13.2 Å². The Morgan fingerprint density at radius 3 is 2.78 bits per heavy atom. The SMILES string of the molecule is FC(F)(F)c1cccnc1O[C@@H]1C[C@@H]2CN[C@H]1C2. The Morgan fingerprint density at radius 1 is 1.33 bits per heavy atom. The van der Waals surface area contributed by atoms with E-state index in [1.54, 1.807) is 0 Å². The number of nitrogens with one attached hydrogen (secondary N) is 1. The van der Waals surface area contributed by atoms with E-state index in [0.717, 1.165) is 25.5 Å². The maximum atomic E-state index is 12.8. The van der Waals surface area contributed by atoms with Gasteiger partial charge in [-0.15, -0.1) is 0 Å². The lowest BCUT2D eigenvalue weighted by molar-refractivity contribution is -0.139. The minimum Gasteiger partial charge on any atom is -0.472 e. The third kappa shape index (κ3) is 2.05. The molecule has 2 aliphatic rings. The minimum absolute atomic E-state index is 0.165. The molecule has 0 radical (unpaired) electrons. The van der Waals surface area contributed by atoms with Crippen LogP contribution in [0.5, 0.6) is 5.88 Å². The van der Waals surface area contributed by atoms with Crippen molar-refractivity contribution in [3.8, 4) is 5.88 Å². The first-order chi connectivity index (χ1) is 8.54. The van der Waals surface area contributed by atoms with Crippen LogP contribution in [0, 0.1) is 5.92 Å². The largest absolute Gasteiger partial charge is 0.472 e. The van der Waals surface area contributed by atoms with Gasteiger partial charge in [-0.3, -0.25) is 0 Å². The Labute approximate surface area is 102 Å². The Balaban J connectivity index is 1.81. The Bertz CT molecular complexity index is 449. The molecular weight excluding hydrogens is 245 g/mol. The smallest absolute Gasteiger partial charge is 0.421 e. The average Bonchev–Trinajstić information content (AvgIpc) is 2.90. The molecular formula is C12H13F3N2O. The Morgan fingerprint density at radius 2 is 2.17 bits per heavy atom. The zero-order valence-corrected chi connectivity index (χ0v) is 9.57. The molecule has 0 aromatic carbocycles. The summed E-state index contributed by atoms with van der Waals surface area (Å²) in [7, 11) is 0. The fraction of sp³-hybridized carbons (Fsp3) is 0.583. The van der Waals surface area contributed by atoms with E-state index >= 15 is 0 Å². The minimum atomic E-state index is -4.42. The fourth-order valence-electron chi connectivity index (χ4n) is 2.77. The average molecular weight is 258 g/mol. The molecule has 6 heteroatoms. The first kappa shape index (κ1) is 11.8. The molecule has 3 nitrogen and oxygen atoms in total. The molecule has 1 aliphatic heterocycles. The summed E-state index contributed by atoms with van der Waals surface area (Å²) < 4.78 is 43.8. The molecule has 0 unspecified atom stereocenters. The van der Waals surface area contributed by atoms with Gasteiger partial charge in [-0.05, 0) is 37.4 Å². The van der Waals surface area contributed by atoms with E-state index in [1.807, 2.05) is 0 Å². The predicted octanol–water partition coefficient (Wildman–Crippen LogP) is 2.23. The molecule has 0 amide bonds. The van der Waals surface area contributed by atoms with E-state index in [2.05, 4.69) is 10.3 Å². The van der Waals surface area contributed by atoms with Crippen LogP contribution in [0.4, 0.5) is 13.2 Å². The summed E-state index contributed by atoms with van der Waals surface area (Å²) in [5.74, 6) is 0.224. The first-order valence-corrected chi connectivity index (χ1v) is 5.96. The summed E-state index contributed by atoms with van der Waals surface area (Å²) in [6.07, 6.45) is -1.50. The number of piperidine rings is 1. The van der Waals surface area contributed by atoms with Crippen molar-refractivity contribution < 1.29 is 17.9 Å². The molecule has 1 N–H and O–H groups in total. The standard InChI is InChI=1S/C12H13F3N2O/c13-12(14,15)8-2-1-3-16-11(8)18-10-5-7-4-9(10)17-6-7/h1-3,7,9-10,17H,4-6H2/t7-,9+,10-/m1/s1. The van der Waals surface area contributed by atoms with Gasteiger partial charge < -0.3 is 10.1 Å². The second-order valence-electron chi connectivity index (χ2n) is 4.86. The van der Waals surface area contributed by atoms with Crippen LogP contribution in [0.2, 0.25) is 0 Å². The normalized spacial score (nSPS) is 30.7. The lowest BCUT2D eigenvalue weighted by Gasteiger charge is -2.24. The van der Waals surface area contributed by atoms with Crippen LogP contribution in [0.15, 0.2) is 18.3 Å².